The van der Waals surface area contributed by atoms with E-state index in [0.717, 1.165) is 31.0 Å². The number of hydrogen-bond donors (Lipinski definition) is 2. The van der Waals surface area contributed by atoms with Gasteiger partial charge in [-0.3, -0.25) is 0 Å². The normalized spacial score (nSPS) is 14.6. The summed E-state index contributed by atoms with van der Waals surface area (Å²) in [5.41, 5.74) is 2.04. The van der Waals surface area contributed by atoms with E-state index in [1.54, 1.807) is 6.07 Å². The van der Waals surface area contributed by atoms with Crippen molar-refractivity contribution in [2.45, 2.75) is 24.9 Å². The van der Waals surface area contributed by atoms with Gasteiger partial charge in [-0.05, 0) is 18.6 Å². The molecule has 0 atom stereocenters. The van der Waals surface area contributed by atoms with Crippen LogP contribution in [0.3, 0.4) is 0 Å². The first kappa shape index (κ1) is 11.7. The molecule has 1 aliphatic heterocycles. The minimum absolute atomic E-state index is 0.290. The van der Waals surface area contributed by atoms with Crippen molar-refractivity contribution in [3.8, 4) is 11.3 Å². The Hall–Kier alpha value is -1.33. The molecule has 0 saturated heterocycles. The second-order valence-electron chi connectivity index (χ2n) is 4.51. The van der Waals surface area contributed by atoms with Crippen molar-refractivity contribution in [1.82, 2.24) is 14.9 Å². The third kappa shape index (κ3) is 1.83. The molecule has 0 fully saturated rings. The minimum atomic E-state index is -0.290. The summed E-state index contributed by atoms with van der Waals surface area (Å²) in [5, 5.41) is 3.25. The van der Waals surface area contributed by atoms with Gasteiger partial charge in [0.25, 0.3) is 0 Å². The average molecular weight is 263 g/mol. The maximum atomic E-state index is 14.2. The zero-order valence-electron chi connectivity index (χ0n) is 10.1. The van der Waals surface area contributed by atoms with Crippen LogP contribution in [0.15, 0.2) is 23.2 Å². The van der Waals surface area contributed by atoms with E-state index in [2.05, 4.69) is 27.5 Å². The predicted octanol–water partition coefficient (Wildman–Crippen LogP) is 2.39. The van der Waals surface area contributed by atoms with Crippen molar-refractivity contribution in [3.63, 3.8) is 0 Å². The topological polar surface area (TPSA) is 29.9 Å². The molecule has 0 unspecified atom stereocenters. The highest BCUT2D eigenvalue weighted by molar-refractivity contribution is 7.80. The number of fused-ring (bicyclic) bond motifs is 1. The lowest BCUT2D eigenvalue weighted by molar-refractivity contribution is 0.505. The van der Waals surface area contributed by atoms with Crippen molar-refractivity contribution in [2.24, 2.45) is 0 Å². The summed E-state index contributed by atoms with van der Waals surface area (Å²) in [7, 11) is 0. The lowest BCUT2D eigenvalue weighted by Crippen LogP contribution is -2.27. The van der Waals surface area contributed by atoms with Crippen molar-refractivity contribution < 1.29 is 4.39 Å². The van der Waals surface area contributed by atoms with Gasteiger partial charge in [-0.1, -0.05) is 6.07 Å². The lowest BCUT2D eigenvalue weighted by atomic mass is 10.1. The van der Waals surface area contributed by atoms with Crippen molar-refractivity contribution in [1.29, 1.82) is 0 Å². The van der Waals surface area contributed by atoms with Crippen molar-refractivity contribution >= 4 is 12.6 Å². The van der Waals surface area contributed by atoms with Crippen LogP contribution in [0, 0.1) is 12.7 Å². The second-order valence-corrected chi connectivity index (χ2v) is 4.95. The highest BCUT2D eigenvalue weighted by Crippen LogP contribution is 2.28. The molecular formula is C13H14FN3S. The zero-order chi connectivity index (χ0) is 12.7. The number of halogens is 1. The van der Waals surface area contributed by atoms with Gasteiger partial charge in [-0.2, -0.15) is 0 Å². The Balaban J connectivity index is 2.10. The van der Waals surface area contributed by atoms with E-state index < -0.39 is 0 Å². The molecule has 0 saturated carbocycles. The van der Waals surface area contributed by atoms with Crippen LogP contribution in [0.25, 0.3) is 11.3 Å². The predicted molar refractivity (Wildman–Crippen MR) is 71.3 cm³/mol. The standard InChI is InChI=1S/C13H14FN3S/c1-8-2-3-9(12(14)13(8)18)10-7-17-5-4-15-6-11(17)16-10/h2-3,7,15,18H,4-6H2,1H3. The number of nitrogens with one attached hydrogen (secondary N) is 1. The summed E-state index contributed by atoms with van der Waals surface area (Å²) in [5.74, 6) is 0.665. The Morgan fingerprint density at radius 3 is 3.06 bits per heavy atom. The SMILES string of the molecule is Cc1ccc(-c2cn3c(n2)CNCC3)c(F)c1S. The fourth-order valence-corrected chi connectivity index (χ4v) is 2.37. The summed E-state index contributed by atoms with van der Waals surface area (Å²) in [6.07, 6.45) is 1.91. The largest absolute Gasteiger partial charge is 0.332 e. The molecule has 0 aliphatic carbocycles. The van der Waals surface area contributed by atoms with Gasteiger partial charge in [0.1, 0.15) is 11.6 Å². The molecule has 1 aliphatic rings. The summed E-state index contributed by atoms with van der Waals surface area (Å²) in [6, 6.07) is 3.64. The number of hydrogen-bond acceptors (Lipinski definition) is 3. The molecule has 5 heteroatoms. The summed E-state index contributed by atoms with van der Waals surface area (Å²) >= 11 is 4.20. The number of nitrogens with zero attached hydrogens (tertiary/aromatic N) is 2. The van der Waals surface area contributed by atoms with E-state index in [0.29, 0.717) is 16.2 Å². The van der Waals surface area contributed by atoms with Crippen LogP contribution in [0.5, 0.6) is 0 Å². The smallest absolute Gasteiger partial charge is 0.146 e. The van der Waals surface area contributed by atoms with E-state index in [1.165, 1.54) is 0 Å². The number of benzene rings is 1. The quantitative estimate of drug-likeness (QED) is 0.774. The minimum Gasteiger partial charge on any atom is -0.332 e. The van der Waals surface area contributed by atoms with Crippen molar-refractivity contribution in [3.05, 3.63) is 35.5 Å². The van der Waals surface area contributed by atoms with E-state index in [9.17, 15) is 4.39 Å². The third-order valence-electron chi connectivity index (χ3n) is 3.27. The third-order valence-corrected chi connectivity index (χ3v) is 3.81. The number of imidazole rings is 1. The van der Waals surface area contributed by atoms with E-state index in [1.807, 2.05) is 19.2 Å². The van der Waals surface area contributed by atoms with Gasteiger partial charge in [0.05, 0.1) is 12.2 Å². The van der Waals surface area contributed by atoms with Crippen LogP contribution in [0.2, 0.25) is 0 Å². The van der Waals surface area contributed by atoms with Gasteiger partial charge in [0.15, 0.2) is 0 Å². The number of aromatic nitrogens is 2. The van der Waals surface area contributed by atoms with Gasteiger partial charge >= 0.3 is 0 Å². The molecule has 2 heterocycles. The summed E-state index contributed by atoms with van der Waals surface area (Å²) in [6.45, 7) is 4.39. The molecule has 18 heavy (non-hydrogen) atoms. The molecule has 2 aromatic rings. The first-order valence-corrected chi connectivity index (χ1v) is 6.37. The molecule has 3 nitrogen and oxygen atoms in total. The summed E-state index contributed by atoms with van der Waals surface area (Å²) in [4.78, 5) is 4.88. The maximum absolute atomic E-state index is 14.2. The lowest BCUT2D eigenvalue weighted by Gasteiger charge is -2.13. The average Bonchev–Trinajstić information content (AvgIpc) is 2.79. The molecule has 0 spiro atoms. The Kier molecular flexibility index (Phi) is 2.87. The fraction of sp³-hybridized carbons (Fsp3) is 0.308. The number of rotatable bonds is 1. The summed E-state index contributed by atoms with van der Waals surface area (Å²) < 4.78 is 16.2. The van der Waals surface area contributed by atoms with Crippen LogP contribution in [0.1, 0.15) is 11.4 Å². The molecule has 1 aromatic heterocycles. The molecule has 0 bridgehead atoms. The van der Waals surface area contributed by atoms with E-state index >= 15 is 0 Å². The van der Waals surface area contributed by atoms with E-state index in [-0.39, 0.29) is 5.82 Å². The van der Waals surface area contributed by atoms with E-state index in [4.69, 9.17) is 0 Å². The van der Waals surface area contributed by atoms with Crippen LogP contribution in [-0.2, 0) is 13.1 Å². The highest BCUT2D eigenvalue weighted by Gasteiger charge is 2.16. The van der Waals surface area contributed by atoms with Gasteiger partial charge in [0.2, 0.25) is 0 Å². The monoisotopic (exact) mass is 263 g/mol. The second kappa shape index (κ2) is 4.40. The number of thiol groups is 1. The van der Waals surface area contributed by atoms with Gasteiger partial charge in [-0.15, -0.1) is 12.6 Å². The molecule has 0 amide bonds. The zero-order valence-corrected chi connectivity index (χ0v) is 11.0. The Morgan fingerprint density at radius 2 is 2.28 bits per heavy atom. The molecule has 0 radical (unpaired) electrons. The highest BCUT2D eigenvalue weighted by atomic mass is 32.1. The van der Waals surface area contributed by atoms with Gasteiger partial charge < -0.3 is 9.88 Å². The van der Waals surface area contributed by atoms with Gasteiger partial charge in [-0.25, -0.2) is 9.37 Å². The fourth-order valence-electron chi connectivity index (χ4n) is 2.18. The Labute approximate surface area is 110 Å². The number of aryl methyl sites for hydroxylation is 1. The molecule has 94 valence electrons. The molecule has 3 rings (SSSR count). The van der Waals surface area contributed by atoms with Crippen LogP contribution < -0.4 is 5.32 Å². The van der Waals surface area contributed by atoms with Crippen molar-refractivity contribution in [2.75, 3.05) is 6.54 Å². The Morgan fingerprint density at radius 1 is 1.44 bits per heavy atom. The maximum Gasteiger partial charge on any atom is 0.146 e. The first-order valence-electron chi connectivity index (χ1n) is 5.92. The molecule has 1 N–H and O–H groups in total. The van der Waals surface area contributed by atoms with Crippen LogP contribution in [-0.4, -0.2) is 16.1 Å². The van der Waals surface area contributed by atoms with Gasteiger partial charge in [0, 0.05) is 29.7 Å². The Bertz CT molecular complexity index is 583. The first-order chi connectivity index (χ1) is 8.66. The van der Waals surface area contributed by atoms with Crippen LogP contribution >= 0.6 is 12.6 Å². The molecule has 1 aromatic carbocycles. The molecular weight excluding hydrogens is 249 g/mol. The van der Waals surface area contributed by atoms with Crippen LogP contribution in [0.4, 0.5) is 4.39 Å².